The van der Waals surface area contributed by atoms with Crippen LogP contribution in [-0.2, 0) is 9.53 Å². The number of carbonyl (C=O) groups is 1. The fraction of sp³-hybridized carbons (Fsp3) is 0.938. The van der Waals surface area contributed by atoms with E-state index >= 15 is 0 Å². The Morgan fingerprint density at radius 1 is 1.35 bits per heavy atom. The average Bonchev–Trinajstić information content (AvgIpc) is 2.90. The average molecular weight is 284 g/mol. The van der Waals surface area contributed by atoms with Crippen LogP contribution in [0.3, 0.4) is 0 Å². The molecule has 4 nitrogen and oxygen atoms in total. The van der Waals surface area contributed by atoms with Crippen molar-refractivity contribution in [2.45, 2.75) is 71.4 Å². The molecule has 0 aromatic heterocycles. The van der Waals surface area contributed by atoms with E-state index in [2.05, 4.69) is 24.1 Å². The van der Waals surface area contributed by atoms with Gasteiger partial charge in [0, 0.05) is 25.0 Å². The molecule has 1 heterocycles. The Morgan fingerprint density at radius 2 is 2.15 bits per heavy atom. The molecule has 0 bridgehead atoms. The fourth-order valence-corrected chi connectivity index (χ4v) is 2.75. The third-order valence-electron chi connectivity index (χ3n) is 3.98. The fourth-order valence-electron chi connectivity index (χ4n) is 2.75. The van der Waals surface area contributed by atoms with Crippen molar-refractivity contribution in [3.8, 4) is 0 Å². The first-order valence-corrected chi connectivity index (χ1v) is 8.26. The molecule has 1 atom stereocenters. The van der Waals surface area contributed by atoms with Gasteiger partial charge in [0.25, 0.3) is 0 Å². The number of hydrogen-bond donors (Lipinski definition) is 1. The summed E-state index contributed by atoms with van der Waals surface area (Å²) in [6.45, 7) is 10.4. The normalized spacial score (nSPS) is 18.9. The van der Waals surface area contributed by atoms with Gasteiger partial charge in [-0.2, -0.15) is 0 Å². The van der Waals surface area contributed by atoms with Crippen LogP contribution in [0.4, 0.5) is 0 Å². The summed E-state index contributed by atoms with van der Waals surface area (Å²) in [7, 11) is 0. The van der Waals surface area contributed by atoms with Crippen molar-refractivity contribution in [1.82, 2.24) is 10.2 Å². The predicted molar refractivity (Wildman–Crippen MR) is 82.8 cm³/mol. The Labute approximate surface area is 124 Å². The van der Waals surface area contributed by atoms with Crippen LogP contribution < -0.4 is 5.32 Å². The summed E-state index contributed by atoms with van der Waals surface area (Å²) >= 11 is 0. The highest BCUT2D eigenvalue weighted by Crippen LogP contribution is 2.11. The van der Waals surface area contributed by atoms with E-state index in [1.54, 1.807) is 0 Å². The molecule has 0 saturated carbocycles. The van der Waals surface area contributed by atoms with Crippen LogP contribution in [0, 0.1) is 0 Å². The first-order valence-electron chi connectivity index (χ1n) is 8.26. The van der Waals surface area contributed by atoms with Gasteiger partial charge in [0.15, 0.2) is 0 Å². The van der Waals surface area contributed by atoms with Gasteiger partial charge in [-0.1, -0.05) is 6.42 Å². The Morgan fingerprint density at radius 3 is 2.75 bits per heavy atom. The first kappa shape index (κ1) is 17.4. The van der Waals surface area contributed by atoms with Crippen molar-refractivity contribution < 1.29 is 9.53 Å². The smallest absolute Gasteiger partial charge is 0.305 e. The monoisotopic (exact) mass is 284 g/mol. The highest BCUT2D eigenvalue weighted by Gasteiger charge is 2.19. The molecular weight excluding hydrogens is 252 g/mol. The molecule has 1 aliphatic rings. The van der Waals surface area contributed by atoms with Gasteiger partial charge in [-0.3, -0.25) is 9.69 Å². The van der Waals surface area contributed by atoms with Crippen LogP contribution in [-0.4, -0.2) is 49.2 Å². The third-order valence-corrected chi connectivity index (χ3v) is 3.98. The number of nitrogens with one attached hydrogen (secondary N) is 1. The molecule has 0 radical (unpaired) electrons. The summed E-state index contributed by atoms with van der Waals surface area (Å²) in [5.74, 6) is -0.0524. The van der Waals surface area contributed by atoms with E-state index in [0.717, 1.165) is 25.9 Å². The molecule has 1 unspecified atom stereocenters. The lowest BCUT2D eigenvalue weighted by Gasteiger charge is -2.29. The molecule has 20 heavy (non-hydrogen) atoms. The van der Waals surface area contributed by atoms with Crippen molar-refractivity contribution in [3.63, 3.8) is 0 Å². The highest BCUT2D eigenvalue weighted by molar-refractivity contribution is 5.69. The van der Waals surface area contributed by atoms with E-state index in [4.69, 9.17) is 4.74 Å². The molecule has 0 aromatic carbocycles. The number of hydrogen-bond acceptors (Lipinski definition) is 4. The summed E-state index contributed by atoms with van der Waals surface area (Å²) in [6, 6.07) is 1.28. The van der Waals surface area contributed by atoms with E-state index in [1.165, 1.54) is 25.8 Å². The van der Waals surface area contributed by atoms with Gasteiger partial charge in [0.1, 0.15) is 0 Å². The maximum atomic E-state index is 11.2. The first-order chi connectivity index (χ1) is 9.63. The van der Waals surface area contributed by atoms with Crippen LogP contribution in [0.15, 0.2) is 0 Å². The Hall–Kier alpha value is -0.610. The van der Waals surface area contributed by atoms with Gasteiger partial charge in [0.2, 0.25) is 0 Å². The topological polar surface area (TPSA) is 41.6 Å². The zero-order chi connectivity index (χ0) is 14.8. The van der Waals surface area contributed by atoms with Crippen LogP contribution in [0.1, 0.15) is 59.3 Å². The molecule has 1 saturated heterocycles. The van der Waals surface area contributed by atoms with Gasteiger partial charge in [-0.25, -0.2) is 0 Å². The molecule has 0 aliphatic carbocycles. The standard InChI is InChI=1S/C16H32N2O2/c1-4-20-16(19)10-6-5-7-12-18(14(2)3)13-15-9-8-11-17-15/h14-15,17H,4-13H2,1-3H3. The Balaban J connectivity index is 2.11. The number of unbranched alkanes of at least 4 members (excludes halogenated alkanes) is 2. The van der Waals surface area contributed by atoms with Crippen molar-refractivity contribution >= 4 is 5.97 Å². The Bertz CT molecular complexity index is 263. The minimum absolute atomic E-state index is 0.0524. The highest BCUT2D eigenvalue weighted by atomic mass is 16.5. The summed E-state index contributed by atoms with van der Waals surface area (Å²) in [5, 5.41) is 3.57. The molecule has 0 aromatic rings. The SMILES string of the molecule is CCOC(=O)CCCCCN(CC1CCCN1)C(C)C. The molecule has 1 aliphatic heterocycles. The maximum Gasteiger partial charge on any atom is 0.305 e. The number of rotatable bonds is 10. The third kappa shape index (κ3) is 7.25. The molecule has 0 spiro atoms. The number of ether oxygens (including phenoxy) is 1. The zero-order valence-electron chi connectivity index (χ0n) is 13.5. The minimum Gasteiger partial charge on any atom is -0.466 e. The van der Waals surface area contributed by atoms with E-state index in [9.17, 15) is 4.79 Å². The van der Waals surface area contributed by atoms with Gasteiger partial charge < -0.3 is 10.1 Å². The second kappa shape index (κ2) is 10.2. The van der Waals surface area contributed by atoms with E-state index in [-0.39, 0.29) is 5.97 Å². The lowest BCUT2D eigenvalue weighted by Crippen LogP contribution is -2.41. The van der Waals surface area contributed by atoms with Crippen LogP contribution in [0.2, 0.25) is 0 Å². The summed E-state index contributed by atoms with van der Waals surface area (Å²) in [4.78, 5) is 13.8. The molecular formula is C16H32N2O2. The van der Waals surface area contributed by atoms with Crippen molar-refractivity contribution in [3.05, 3.63) is 0 Å². The van der Waals surface area contributed by atoms with E-state index in [1.807, 2.05) is 6.92 Å². The van der Waals surface area contributed by atoms with Crippen molar-refractivity contribution in [2.24, 2.45) is 0 Å². The van der Waals surface area contributed by atoms with Gasteiger partial charge in [-0.05, 0) is 59.5 Å². The Kier molecular flexibility index (Phi) is 8.86. The second-order valence-electron chi connectivity index (χ2n) is 6.00. The summed E-state index contributed by atoms with van der Waals surface area (Å²) in [5.41, 5.74) is 0. The number of esters is 1. The number of carbonyl (C=O) groups excluding carboxylic acids is 1. The molecule has 1 fully saturated rings. The molecule has 1 N–H and O–H groups in total. The number of nitrogens with zero attached hydrogens (tertiary/aromatic N) is 1. The van der Waals surface area contributed by atoms with Crippen LogP contribution >= 0.6 is 0 Å². The molecule has 4 heteroatoms. The maximum absolute atomic E-state index is 11.2. The van der Waals surface area contributed by atoms with Gasteiger partial charge in [-0.15, -0.1) is 0 Å². The molecule has 0 amide bonds. The van der Waals surface area contributed by atoms with Gasteiger partial charge >= 0.3 is 5.97 Å². The summed E-state index contributed by atoms with van der Waals surface area (Å²) in [6.07, 6.45) is 6.43. The van der Waals surface area contributed by atoms with Crippen molar-refractivity contribution in [1.29, 1.82) is 0 Å². The van der Waals surface area contributed by atoms with Crippen molar-refractivity contribution in [2.75, 3.05) is 26.2 Å². The minimum atomic E-state index is -0.0524. The van der Waals surface area contributed by atoms with E-state index < -0.39 is 0 Å². The lowest BCUT2D eigenvalue weighted by molar-refractivity contribution is -0.143. The lowest BCUT2D eigenvalue weighted by atomic mass is 10.1. The zero-order valence-corrected chi connectivity index (χ0v) is 13.5. The quantitative estimate of drug-likeness (QED) is 0.494. The van der Waals surface area contributed by atoms with Crippen LogP contribution in [0.25, 0.3) is 0 Å². The second-order valence-corrected chi connectivity index (χ2v) is 6.00. The summed E-state index contributed by atoms with van der Waals surface area (Å²) < 4.78 is 4.94. The largest absolute Gasteiger partial charge is 0.466 e. The van der Waals surface area contributed by atoms with Gasteiger partial charge in [0.05, 0.1) is 6.61 Å². The van der Waals surface area contributed by atoms with Crippen LogP contribution in [0.5, 0.6) is 0 Å². The molecule has 118 valence electrons. The van der Waals surface area contributed by atoms with E-state index in [0.29, 0.717) is 25.1 Å². The molecule has 1 rings (SSSR count). The predicted octanol–water partition coefficient (Wildman–Crippen LogP) is 2.57.